The van der Waals surface area contributed by atoms with Crippen molar-refractivity contribution in [1.82, 2.24) is 10.6 Å². The number of hydrogen-bond acceptors (Lipinski definition) is 2. The van der Waals surface area contributed by atoms with Gasteiger partial charge in [-0.1, -0.05) is 37.6 Å². The second kappa shape index (κ2) is 6.59. The maximum atomic E-state index is 12.3. The van der Waals surface area contributed by atoms with Gasteiger partial charge < -0.3 is 10.6 Å². The van der Waals surface area contributed by atoms with Crippen molar-refractivity contribution in [2.75, 3.05) is 13.1 Å². The number of halogens is 1. The first-order valence-electron chi connectivity index (χ1n) is 7.24. The quantitative estimate of drug-likeness (QED) is 0.896. The molecule has 2 rings (SSSR count). The molecule has 0 bridgehead atoms. The number of carbonyl (C=O) groups is 1. The molecule has 0 aromatic heterocycles. The molecule has 20 heavy (non-hydrogen) atoms. The monoisotopic (exact) mass is 294 g/mol. The maximum Gasteiger partial charge on any atom is 0.237 e. The first-order valence-corrected chi connectivity index (χ1v) is 7.62. The fourth-order valence-electron chi connectivity index (χ4n) is 2.78. The van der Waals surface area contributed by atoms with Crippen LogP contribution in [0.2, 0.25) is 5.02 Å². The maximum absolute atomic E-state index is 12.3. The first-order chi connectivity index (χ1) is 9.49. The summed E-state index contributed by atoms with van der Waals surface area (Å²) >= 11 is 5.95. The molecule has 1 atom stereocenters. The van der Waals surface area contributed by atoms with Crippen LogP contribution in [0.25, 0.3) is 0 Å². The van der Waals surface area contributed by atoms with Gasteiger partial charge in [0.2, 0.25) is 5.91 Å². The van der Waals surface area contributed by atoms with Gasteiger partial charge in [0.1, 0.15) is 0 Å². The van der Waals surface area contributed by atoms with E-state index in [2.05, 4.69) is 24.5 Å². The van der Waals surface area contributed by atoms with Gasteiger partial charge in [-0.05, 0) is 48.9 Å². The van der Waals surface area contributed by atoms with Gasteiger partial charge in [0.15, 0.2) is 0 Å². The van der Waals surface area contributed by atoms with E-state index in [0.29, 0.717) is 6.54 Å². The van der Waals surface area contributed by atoms with E-state index >= 15 is 0 Å². The average molecular weight is 295 g/mol. The summed E-state index contributed by atoms with van der Waals surface area (Å²) in [5, 5.41) is 7.10. The zero-order valence-electron chi connectivity index (χ0n) is 12.2. The minimum Gasteiger partial charge on any atom is -0.354 e. The molecule has 1 saturated heterocycles. The van der Waals surface area contributed by atoms with E-state index in [4.69, 9.17) is 11.6 Å². The number of rotatable bonds is 4. The molecular formula is C16H23ClN2O. The molecule has 1 amide bonds. The molecule has 1 fully saturated rings. The summed E-state index contributed by atoms with van der Waals surface area (Å²) in [7, 11) is 0. The topological polar surface area (TPSA) is 41.1 Å². The third kappa shape index (κ3) is 3.97. The van der Waals surface area contributed by atoms with Crippen molar-refractivity contribution in [1.29, 1.82) is 0 Å². The summed E-state index contributed by atoms with van der Waals surface area (Å²) in [6.07, 6.45) is 3.03. The SMILES string of the molecule is CC1(C)CCCNC1C(=O)NCCc1cccc(Cl)c1. The second-order valence-electron chi connectivity index (χ2n) is 6.15. The van der Waals surface area contributed by atoms with Crippen LogP contribution in [0.15, 0.2) is 24.3 Å². The van der Waals surface area contributed by atoms with Crippen molar-refractivity contribution < 1.29 is 4.79 Å². The van der Waals surface area contributed by atoms with E-state index in [0.717, 1.165) is 36.4 Å². The van der Waals surface area contributed by atoms with E-state index in [1.165, 1.54) is 0 Å². The fraction of sp³-hybridized carbons (Fsp3) is 0.562. The molecule has 1 aromatic carbocycles. The number of nitrogens with one attached hydrogen (secondary N) is 2. The third-order valence-electron chi connectivity index (χ3n) is 3.99. The lowest BCUT2D eigenvalue weighted by Crippen LogP contribution is -2.55. The Kier molecular flexibility index (Phi) is 5.06. The molecule has 0 saturated carbocycles. The average Bonchev–Trinajstić information content (AvgIpc) is 2.38. The summed E-state index contributed by atoms with van der Waals surface area (Å²) in [5.41, 5.74) is 1.17. The molecule has 1 heterocycles. The molecule has 1 unspecified atom stereocenters. The Morgan fingerprint density at radius 3 is 3.00 bits per heavy atom. The van der Waals surface area contributed by atoms with Gasteiger partial charge in [0.25, 0.3) is 0 Å². The minimum atomic E-state index is -0.0874. The molecule has 110 valence electrons. The molecule has 4 heteroatoms. The van der Waals surface area contributed by atoms with Crippen molar-refractivity contribution >= 4 is 17.5 Å². The van der Waals surface area contributed by atoms with Gasteiger partial charge in [-0.3, -0.25) is 4.79 Å². The van der Waals surface area contributed by atoms with E-state index in [-0.39, 0.29) is 17.4 Å². The number of piperidine rings is 1. The summed E-state index contributed by atoms with van der Waals surface area (Å²) in [5.74, 6) is 0.108. The zero-order valence-corrected chi connectivity index (χ0v) is 13.0. The summed E-state index contributed by atoms with van der Waals surface area (Å²) in [6.45, 7) is 5.88. The van der Waals surface area contributed by atoms with Crippen molar-refractivity contribution in [2.24, 2.45) is 5.41 Å². The standard InChI is InChI=1S/C16H23ClN2O/c1-16(2)8-4-9-18-14(16)15(20)19-10-7-12-5-3-6-13(17)11-12/h3,5-6,11,14,18H,4,7-10H2,1-2H3,(H,19,20). The highest BCUT2D eigenvalue weighted by Gasteiger charge is 2.36. The van der Waals surface area contributed by atoms with E-state index < -0.39 is 0 Å². The van der Waals surface area contributed by atoms with Crippen LogP contribution in [0.5, 0.6) is 0 Å². The molecule has 3 nitrogen and oxygen atoms in total. The molecule has 0 aliphatic carbocycles. The van der Waals surface area contributed by atoms with Crippen LogP contribution in [0.1, 0.15) is 32.3 Å². The lowest BCUT2D eigenvalue weighted by Gasteiger charge is -2.38. The molecular weight excluding hydrogens is 272 g/mol. The lowest BCUT2D eigenvalue weighted by atomic mass is 9.77. The molecule has 1 aliphatic rings. The van der Waals surface area contributed by atoms with E-state index in [1.807, 2.05) is 24.3 Å². The molecule has 2 N–H and O–H groups in total. The number of amides is 1. The second-order valence-corrected chi connectivity index (χ2v) is 6.59. The largest absolute Gasteiger partial charge is 0.354 e. The van der Waals surface area contributed by atoms with E-state index in [1.54, 1.807) is 0 Å². The molecule has 0 spiro atoms. The van der Waals surface area contributed by atoms with Gasteiger partial charge >= 0.3 is 0 Å². The molecule has 1 aromatic rings. The fourth-order valence-corrected chi connectivity index (χ4v) is 3.00. The Morgan fingerprint density at radius 2 is 2.30 bits per heavy atom. The van der Waals surface area contributed by atoms with Crippen molar-refractivity contribution in [3.63, 3.8) is 0 Å². The Hall–Kier alpha value is -1.06. The highest BCUT2D eigenvalue weighted by Crippen LogP contribution is 2.30. The van der Waals surface area contributed by atoms with Crippen LogP contribution < -0.4 is 10.6 Å². The highest BCUT2D eigenvalue weighted by molar-refractivity contribution is 6.30. The van der Waals surface area contributed by atoms with Gasteiger partial charge in [-0.15, -0.1) is 0 Å². The van der Waals surface area contributed by atoms with Crippen molar-refractivity contribution in [3.05, 3.63) is 34.9 Å². The Bertz CT molecular complexity index is 473. The van der Waals surface area contributed by atoms with Gasteiger partial charge in [0, 0.05) is 11.6 Å². The summed E-state index contributed by atoms with van der Waals surface area (Å²) < 4.78 is 0. The Balaban J connectivity index is 1.83. The zero-order chi connectivity index (χ0) is 14.6. The Labute approximate surface area is 126 Å². The van der Waals surface area contributed by atoms with Crippen LogP contribution in [0, 0.1) is 5.41 Å². The normalized spacial score (nSPS) is 21.4. The van der Waals surface area contributed by atoms with Crippen LogP contribution in [-0.4, -0.2) is 25.0 Å². The number of carbonyl (C=O) groups excluding carboxylic acids is 1. The summed E-state index contributed by atoms with van der Waals surface area (Å²) in [4.78, 5) is 12.3. The smallest absolute Gasteiger partial charge is 0.237 e. The number of hydrogen-bond donors (Lipinski definition) is 2. The highest BCUT2D eigenvalue weighted by atomic mass is 35.5. The third-order valence-corrected chi connectivity index (χ3v) is 4.23. The lowest BCUT2D eigenvalue weighted by molar-refractivity contribution is -0.126. The molecule has 1 aliphatic heterocycles. The Morgan fingerprint density at radius 1 is 1.50 bits per heavy atom. The van der Waals surface area contributed by atoms with Crippen molar-refractivity contribution in [2.45, 2.75) is 39.2 Å². The number of benzene rings is 1. The van der Waals surface area contributed by atoms with Crippen LogP contribution in [-0.2, 0) is 11.2 Å². The predicted octanol–water partition coefficient (Wildman–Crippen LogP) is 2.78. The van der Waals surface area contributed by atoms with E-state index in [9.17, 15) is 4.79 Å². The van der Waals surface area contributed by atoms with Crippen LogP contribution in [0.3, 0.4) is 0 Å². The van der Waals surface area contributed by atoms with Gasteiger partial charge in [-0.25, -0.2) is 0 Å². The van der Waals surface area contributed by atoms with Gasteiger partial charge in [-0.2, -0.15) is 0 Å². The minimum absolute atomic E-state index is 0.0262. The summed E-state index contributed by atoms with van der Waals surface area (Å²) in [6, 6.07) is 7.68. The van der Waals surface area contributed by atoms with Gasteiger partial charge in [0.05, 0.1) is 6.04 Å². The molecule has 0 radical (unpaired) electrons. The first kappa shape index (κ1) is 15.3. The predicted molar refractivity (Wildman–Crippen MR) is 83.0 cm³/mol. The van der Waals surface area contributed by atoms with Crippen LogP contribution in [0.4, 0.5) is 0 Å². The van der Waals surface area contributed by atoms with Crippen LogP contribution >= 0.6 is 11.6 Å². The van der Waals surface area contributed by atoms with Crippen molar-refractivity contribution in [3.8, 4) is 0 Å².